The number of hydrogen-bond donors (Lipinski definition) is 2. The second-order valence-electron chi connectivity index (χ2n) is 3.34. The lowest BCUT2D eigenvalue weighted by Gasteiger charge is -2.12. The lowest BCUT2D eigenvalue weighted by atomic mass is 10.2. The van der Waals surface area contributed by atoms with Gasteiger partial charge in [0.05, 0.1) is 0 Å². The van der Waals surface area contributed by atoms with Crippen LogP contribution in [-0.4, -0.2) is 19.1 Å². The average Bonchev–Trinajstić information content (AvgIpc) is 2.62. The van der Waals surface area contributed by atoms with Crippen LogP contribution in [0.2, 0.25) is 0 Å². The zero-order valence-electron chi connectivity index (χ0n) is 7.79. The summed E-state index contributed by atoms with van der Waals surface area (Å²) in [5.74, 6) is -0.185. The highest BCUT2D eigenvalue weighted by molar-refractivity contribution is 5.85. The molecule has 2 rings (SSSR count). The molecule has 1 aliphatic heterocycles. The molecule has 1 aromatic rings. The second-order valence-corrected chi connectivity index (χ2v) is 3.34. The number of benzene rings is 1. The largest absolute Gasteiger partial charge is 0.381 e. The molecule has 1 fully saturated rings. The molecule has 1 aliphatic rings. The maximum absolute atomic E-state index is 12.6. The van der Waals surface area contributed by atoms with E-state index in [1.54, 1.807) is 12.1 Å². The number of halogens is 2. The van der Waals surface area contributed by atoms with E-state index in [2.05, 4.69) is 10.6 Å². The van der Waals surface area contributed by atoms with Crippen LogP contribution in [0, 0.1) is 5.82 Å². The molecule has 1 aromatic carbocycles. The van der Waals surface area contributed by atoms with E-state index in [9.17, 15) is 4.39 Å². The van der Waals surface area contributed by atoms with E-state index in [4.69, 9.17) is 0 Å². The summed E-state index contributed by atoms with van der Waals surface area (Å²) >= 11 is 0. The average molecular weight is 217 g/mol. The summed E-state index contributed by atoms with van der Waals surface area (Å²) in [5, 5.41) is 6.61. The van der Waals surface area contributed by atoms with E-state index in [-0.39, 0.29) is 18.2 Å². The summed E-state index contributed by atoms with van der Waals surface area (Å²) in [6.45, 7) is 2.07. The molecular weight excluding hydrogens is 203 g/mol. The summed E-state index contributed by atoms with van der Waals surface area (Å²) in [6, 6.07) is 6.99. The summed E-state index contributed by atoms with van der Waals surface area (Å²) in [7, 11) is 0. The topological polar surface area (TPSA) is 24.1 Å². The summed E-state index contributed by atoms with van der Waals surface area (Å²) in [6.07, 6.45) is 1.14. The van der Waals surface area contributed by atoms with E-state index in [0.717, 1.165) is 25.2 Å². The van der Waals surface area contributed by atoms with Gasteiger partial charge in [0.25, 0.3) is 0 Å². The van der Waals surface area contributed by atoms with Gasteiger partial charge in [0.15, 0.2) is 0 Å². The minimum absolute atomic E-state index is 0. The van der Waals surface area contributed by atoms with Crippen molar-refractivity contribution >= 4 is 18.1 Å². The van der Waals surface area contributed by atoms with Gasteiger partial charge in [-0.15, -0.1) is 12.4 Å². The van der Waals surface area contributed by atoms with Gasteiger partial charge in [-0.1, -0.05) is 0 Å². The predicted octanol–water partition coefficient (Wildman–Crippen LogP) is 2.02. The van der Waals surface area contributed by atoms with Crippen molar-refractivity contribution in [3.63, 3.8) is 0 Å². The van der Waals surface area contributed by atoms with Gasteiger partial charge < -0.3 is 10.6 Å². The van der Waals surface area contributed by atoms with Crippen molar-refractivity contribution in [1.82, 2.24) is 5.32 Å². The fourth-order valence-corrected chi connectivity index (χ4v) is 1.56. The fraction of sp³-hybridized carbons (Fsp3) is 0.400. The quantitative estimate of drug-likeness (QED) is 0.791. The third-order valence-corrected chi connectivity index (χ3v) is 2.28. The zero-order chi connectivity index (χ0) is 9.10. The van der Waals surface area contributed by atoms with Crippen LogP contribution in [0.1, 0.15) is 6.42 Å². The van der Waals surface area contributed by atoms with Crippen LogP contribution in [0.4, 0.5) is 10.1 Å². The van der Waals surface area contributed by atoms with E-state index in [1.807, 2.05) is 0 Å². The van der Waals surface area contributed by atoms with Crippen molar-refractivity contribution in [1.29, 1.82) is 0 Å². The Hall–Kier alpha value is -0.800. The summed E-state index contributed by atoms with van der Waals surface area (Å²) in [5.41, 5.74) is 0.995. The van der Waals surface area contributed by atoms with Gasteiger partial charge in [-0.25, -0.2) is 4.39 Å². The highest BCUT2D eigenvalue weighted by atomic mass is 35.5. The Labute approximate surface area is 89.3 Å². The zero-order valence-corrected chi connectivity index (χ0v) is 8.61. The third kappa shape index (κ3) is 2.86. The first-order valence-electron chi connectivity index (χ1n) is 4.57. The van der Waals surface area contributed by atoms with Crippen molar-refractivity contribution < 1.29 is 4.39 Å². The Kier molecular flexibility index (Phi) is 4.17. The molecule has 0 bridgehead atoms. The van der Waals surface area contributed by atoms with Gasteiger partial charge in [-0.2, -0.15) is 0 Å². The standard InChI is InChI=1S/C10H13FN2.ClH/c11-8-1-3-9(4-2-8)13-10-5-6-12-7-10;/h1-4,10,12-13H,5-7H2;1H. The Balaban J connectivity index is 0.000000980. The van der Waals surface area contributed by atoms with Gasteiger partial charge in [0, 0.05) is 18.3 Å². The minimum Gasteiger partial charge on any atom is -0.381 e. The van der Waals surface area contributed by atoms with Crippen LogP contribution >= 0.6 is 12.4 Å². The summed E-state index contributed by atoms with van der Waals surface area (Å²) in [4.78, 5) is 0. The van der Waals surface area contributed by atoms with Crippen LogP contribution in [0.3, 0.4) is 0 Å². The molecule has 2 nitrogen and oxygen atoms in total. The Bertz CT molecular complexity index is 270. The maximum atomic E-state index is 12.6. The van der Waals surface area contributed by atoms with E-state index >= 15 is 0 Å². The molecule has 1 unspecified atom stereocenters. The van der Waals surface area contributed by atoms with Gasteiger partial charge in [0.1, 0.15) is 5.82 Å². The van der Waals surface area contributed by atoms with Crippen LogP contribution in [-0.2, 0) is 0 Å². The lowest BCUT2D eigenvalue weighted by Crippen LogP contribution is -2.21. The van der Waals surface area contributed by atoms with Crippen molar-refractivity contribution in [3.05, 3.63) is 30.1 Å². The van der Waals surface area contributed by atoms with Crippen molar-refractivity contribution in [2.45, 2.75) is 12.5 Å². The monoisotopic (exact) mass is 216 g/mol. The molecular formula is C10H14ClFN2. The molecule has 1 atom stereocenters. The Morgan fingerprint density at radius 2 is 2.00 bits per heavy atom. The van der Waals surface area contributed by atoms with Crippen LogP contribution < -0.4 is 10.6 Å². The van der Waals surface area contributed by atoms with E-state index in [0.29, 0.717) is 6.04 Å². The van der Waals surface area contributed by atoms with Gasteiger partial charge >= 0.3 is 0 Å². The highest BCUT2D eigenvalue weighted by Gasteiger charge is 2.13. The molecule has 0 saturated carbocycles. The minimum atomic E-state index is -0.185. The predicted molar refractivity (Wildman–Crippen MR) is 58.5 cm³/mol. The van der Waals surface area contributed by atoms with Gasteiger partial charge in [-0.3, -0.25) is 0 Å². The number of anilines is 1. The van der Waals surface area contributed by atoms with Crippen molar-refractivity contribution in [2.75, 3.05) is 18.4 Å². The molecule has 1 saturated heterocycles. The molecule has 1 heterocycles. The van der Waals surface area contributed by atoms with E-state index in [1.165, 1.54) is 12.1 Å². The smallest absolute Gasteiger partial charge is 0.123 e. The third-order valence-electron chi connectivity index (χ3n) is 2.28. The molecule has 0 radical (unpaired) electrons. The lowest BCUT2D eigenvalue weighted by molar-refractivity contribution is 0.628. The van der Waals surface area contributed by atoms with Gasteiger partial charge in [-0.05, 0) is 37.2 Å². The molecule has 0 amide bonds. The van der Waals surface area contributed by atoms with Crippen LogP contribution in [0.5, 0.6) is 0 Å². The molecule has 14 heavy (non-hydrogen) atoms. The van der Waals surface area contributed by atoms with Crippen molar-refractivity contribution in [2.24, 2.45) is 0 Å². The molecule has 0 aliphatic carbocycles. The molecule has 78 valence electrons. The first-order chi connectivity index (χ1) is 6.34. The molecule has 4 heteroatoms. The molecule has 0 aromatic heterocycles. The number of rotatable bonds is 2. The van der Waals surface area contributed by atoms with Crippen LogP contribution in [0.25, 0.3) is 0 Å². The number of nitrogens with one attached hydrogen (secondary N) is 2. The fourth-order valence-electron chi connectivity index (χ4n) is 1.56. The van der Waals surface area contributed by atoms with E-state index < -0.39 is 0 Å². The van der Waals surface area contributed by atoms with Crippen molar-refractivity contribution in [3.8, 4) is 0 Å². The Morgan fingerprint density at radius 3 is 2.57 bits per heavy atom. The summed E-state index contributed by atoms with van der Waals surface area (Å²) < 4.78 is 12.6. The van der Waals surface area contributed by atoms with Crippen LogP contribution in [0.15, 0.2) is 24.3 Å². The number of hydrogen-bond acceptors (Lipinski definition) is 2. The van der Waals surface area contributed by atoms with Gasteiger partial charge in [0.2, 0.25) is 0 Å². The Morgan fingerprint density at radius 1 is 1.29 bits per heavy atom. The highest BCUT2D eigenvalue weighted by Crippen LogP contribution is 2.12. The second kappa shape index (κ2) is 5.17. The first-order valence-corrected chi connectivity index (χ1v) is 4.57. The maximum Gasteiger partial charge on any atom is 0.123 e. The molecule has 2 N–H and O–H groups in total. The SMILES string of the molecule is Cl.Fc1ccc(NC2CCNC2)cc1. The first kappa shape index (κ1) is 11.3. The normalized spacial score (nSPS) is 20.2. The molecule has 0 spiro atoms.